The van der Waals surface area contributed by atoms with E-state index >= 15 is 0 Å². The van der Waals surface area contributed by atoms with E-state index in [1.807, 2.05) is 16.7 Å². The molecule has 102 valence electrons. The third-order valence-electron chi connectivity index (χ3n) is 3.68. The highest BCUT2D eigenvalue weighted by Crippen LogP contribution is 2.35. The van der Waals surface area contributed by atoms with E-state index in [1.165, 1.54) is 0 Å². The van der Waals surface area contributed by atoms with Gasteiger partial charge in [-0.1, -0.05) is 0 Å². The quantitative estimate of drug-likeness (QED) is 0.817. The number of urea groups is 1. The van der Waals surface area contributed by atoms with Crippen LogP contribution in [-0.2, 0) is 4.79 Å². The van der Waals surface area contributed by atoms with Gasteiger partial charge in [-0.25, -0.2) is 4.79 Å². The maximum atomic E-state index is 12.2. The molecule has 2 N–H and O–H groups in total. The molecule has 6 heteroatoms. The summed E-state index contributed by atoms with van der Waals surface area (Å²) in [5, 5.41) is 11.9. The highest BCUT2D eigenvalue weighted by molar-refractivity contribution is 7.99. The number of hydrogen-bond acceptors (Lipinski definition) is 3. The first-order valence-electron chi connectivity index (χ1n) is 6.48. The molecule has 1 saturated carbocycles. The molecule has 0 aromatic carbocycles. The minimum atomic E-state index is -0.832. The number of thioether (sulfide) groups is 1. The van der Waals surface area contributed by atoms with Crippen LogP contribution in [0.25, 0.3) is 0 Å². The Balaban J connectivity index is 1.90. The van der Waals surface area contributed by atoms with Crippen LogP contribution >= 0.6 is 11.8 Å². The highest BCUT2D eigenvalue weighted by atomic mass is 32.2. The molecule has 1 heterocycles. The zero-order valence-electron chi connectivity index (χ0n) is 10.5. The predicted octanol–water partition coefficient (Wildman–Crippen LogP) is 1.53. The third-order valence-corrected chi connectivity index (χ3v) is 4.73. The number of nitrogens with zero attached hydrogens (tertiary/aromatic N) is 1. The lowest BCUT2D eigenvalue weighted by Gasteiger charge is -2.42. The Morgan fingerprint density at radius 1 is 1.22 bits per heavy atom. The van der Waals surface area contributed by atoms with E-state index in [1.54, 1.807) is 0 Å². The van der Waals surface area contributed by atoms with E-state index in [4.69, 9.17) is 5.11 Å². The molecule has 5 nitrogen and oxygen atoms in total. The van der Waals surface area contributed by atoms with Crippen LogP contribution in [-0.4, -0.2) is 52.1 Å². The van der Waals surface area contributed by atoms with Gasteiger partial charge >= 0.3 is 12.0 Å². The van der Waals surface area contributed by atoms with E-state index in [2.05, 4.69) is 5.32 Å². The first kappa shape index (κ1) is 13.5. The van der Waals surface area contributed by atoms with Crippen molar-refractivity contribution in [3.8, 4) is 0 Å². The topological polar surface area (TPSA) is 69.6 Å². The summed E-state index contributed by atoms with van der Waals surface area (Å²) in [5.74, 6) is 1.24. The zero-order chi connectivity index (χ0) is 13.0. The summed E-state index contributed by atoms with van der Waals surface area (Å²) in [6.07, 6.45) is 3.63. The van der Waals surface area contributed by atoms with Gasteiger partial charge in [0.05, 0.1) is 12.0 Å². The molecule has 1 saturated heterocycles. The van der Waals surface area contributed by atoms with Crippen LogP contribution in [0, 0.1) is 0 Å². The summed E-state index contributed by atoms with van der Waals surface area (Å²) >= 11 is 1.87. The van der Waals surface area contributed by atoms with Crippen LogP contribution < -0.4 is 5.32 Å². The fourth-order valence-corrected chi connectivity index (χ4v) is 3.38. The minimum absolute atomic E-state index is 0.0430. The largest absolute Gasteiger partial charge is 0.481 e. The molecular weight excluding hydrogens is 252 g/mol. The average Bonchev–Trinajstić information content (AvgIpc) is 2.53. The van der Waals surface area contributed by atoms with Crippen molar-refractivity contribution in [2.75, 3.05) is 24.6 Å². The Morgan fingerprint density at radius 2 is 2.00 bits per heavy atom. The standard InChI is InChI=1S/C12H20N2O3S/c15-10(16)9-12(3-1-4-12)13-11(17)14-5-2-7-18-8-6-14/h1-9H2,(H,13,17)(H,15,16). The molecule has 2 fully saturated rings. The third kappa shape index (κ3) is 3.31. The van der Waals surface area contributed by atoms with Gasteiger partial charge in [0, 0.05) is 18.8 Å². The molecular formula is C12H20N2O3S. The van der Waals surface area contributed by atoms with Crippen LogP contribution in [0.4, 0.5) is 4.79 Å². The summed E-state index contributed by atoms with van der Waals surface area (Å²) in [7, 11) is 0. The van der Waals surface area contributed by atoms with Gasteiger partial charge in [0.1, 0.15) is 0 Å². The maximum absolute atomic E-state index is 12.2. The predicted molar refractivity (Wildman–Crippen MR) is 70.9 cm³/mol. The van der Waals surface area contributed by atoms with Crippen molar-refractivity contribution in [2.24, 2.45) is 0 Å². The SMILES string of the molecule is O=C(O)CC1(NC(=O)N2CCCSCC2)CCC1. The number of carbonyl (C=O) groups is 2. The van der Waals surface area contributed by atoms with Crippen LogP contribution in [0.15, 0.2) is 0 Å². The van der Waals surface area contributed by atoms with E-state index < -0.39 is 11.5 Å². The van der Waals surface area contributed by atoms with Gasteiger partial charge in [-0.05, 0) is 31.4 Å². The molecule has 2 aliphatic rings. The molecule has 1 aliphatic heterocycles. The number of carboxylic acids is 1. The summed E-state index contributed by atoms with van der Waals surface area (Å²) in [6, 6.07) is -0.0848. The van der Waals surface area contributed by atoms with Crippen molar-refractivity contribution in [1.82, 2.24) is 10.2 Å². The number of hydrogen-bond donors (Lipinski definition) is 2. The number of aliphatic carboxylic acids is 1. The Labute approximate surface area is 111 Å². The first-order chi connectivity index (χ1) is 8.61. The Morgan fingerprint density at radius 3 is 2.61 bits per heavy atom. The molecule has 0 radical (unpaired) electrons. The molecule has 0 bridgehead atoms. The van der Waals surface area contributed by atoms with Gasteiger partial charge in [-0.3, -0.25) is 4.79 Å². The minimum Gasteiger partial charge on any atom is -0.481 e. The van der Waals surface area contributed by atoms with Crippen molar-refractivity contribution < 1.29 is 14.7 Å². The molecule has 0 spiro atoms. The monoisotopic (exact) mass is 272 g/mol. The second kappa shape index (κ2) is 5.82. The lowest BCUT2D eigenvalue weighted by Crippen LogP contribution is -2.58. The fraction of sp³-hybridized carbons (Fsp3) is 0.833. The van der Waals surface area contributed by atoms with Gasteiger partial charge in [-0.2, -0.15) is 11.8 Å². The van der Waals surface area contributed by atoms with Gasteiger partial charge in [0.2, 0.25) is 0 Å². The zero-order valence-corrected chi connectivity index (χ0v) is 11.3. The van der Waals surface area contributed by atoms with Gasteiger partial charge in [-0.15, -0.1) is 0 Å². The number of nitrogens with one attached hydrogen (secondary N) is 1. The van der Waals surface area contributed by atoms with Crippen LogP contribution in [0.5, 0.6) is 0 Å². The van der Waals surface area contributed by atoms with Crippen molar-refractivity contribution >= 4 is 23.8 Å². The maximum Gasteiger partial charge on any atom is 0.317 e. The molecule has 2 rings (SSSR count). The van der Waals surface area contributed by atoms with Gasteiger partial charge in [0.25, 0.3) is 0 Å². The lowest BCUT2D eigenvalue weighted by atomic mass is 9.74. The van der Waals surface area contributed by atoms with Crippen LogP contribution in [0.1, 0.15) is 32.1 Å². The van der Waals surface area contributed by atoms with Crippen LogP contribution in [0.3, 0.4) is 0 Å². The van der Waals surface area contributed by atoms with E-state index in [-0.39, 0.29) is 12.5 Å². The number of carboxylic acid groups (broad SMARTS) is 1. The smallest absolute Gasteiger partial charge is 0.317 e. The molecule has 0 atom stereocenters. The molecule has 1 aliphatic carbocycles. The molecule has 0 aromatic heterocycles. The molecule has 0 unspecified atom stereocenters. The van der Waals surface area contributed by atoms with Gasteiger partial charge < -0.3 is 15.3 Å². The van der Waals surface area contributed by atoms with E-state index in [0.29, 0.717) is 0 Å². The van der Waals surface area contributed by atoms with E-state index in [9.17, 15) is 9.59 Å². The Kier molecular flexibility index (Phi) is 4.37. The van der Waals surface area contributed by atoms with E-state index in [0.717, 1.165) is 50.3 Å². The summed E-state index contributed by atoms with van der Waals surface area (Å²) < 4.78 is 0. The first-order valence-corrected chi connectivity index (χ1v) is 7.63. The second-order valence-corrected chi connectivity index (χ2v) is 6.31. The Hall–Kier alpha value is -0.910. The number of carbonyl (C=O) groups excluding carboxylic acids is 1. The van der Waals surface area contributed by atoms with Gasteiger partial charge in [0.15, 0.2) is 0 Å². The molecule has 18 heavy (non-hydrogen) atoms. The van der Waals surface area contributed by atoms with Crippen LogP contribution in [0.2, 0.25) is 0 Å². The van der Waals surface area contributed by atoms with Crippen molar-refractivity contribution in [3.05, 3.63) is 0 Å². The normalized spacial score (nSPS) is 22.8. The van der Waals surface area contributed by atoms with Crippen molar-refractivity contribution in [3.63, 3.8) is 0 Å². The van der Waals surface area contributed by atoms with Crippen molar-refractivity contribution in [2.45, 2.75) is 37.6 Å². The summed E-state index contributed by atoms with van der Waals surface area (Å²) in [4.78, 5) is 24.8. The summed E-state index contributed by atoms with van der Waals surface area (Å²) in [5.41, 5.74) is -0.484. The number of rotatable bonds is 3. The number of amides is 2. The average molecular weight is 272 g/mol. The Bertz CT molecular complexity index is 323. The fourth-order valence-electron chi connectivity index (χ4n) is 2.49. The lowest BCUT2D eigenvalue weighted by molar-refractivity contribution is -0.139. The summed E-state index contributed by atoms with van der Waals surface area (Å²) in [6.45, 7) is 1.54. The second-order valence-electron chi connectivity index (χ2n) is 5.09. The van der Waals surface area contributed by atoms with Crippen molar-refractivity contribution in [1.29, 1.82) is 0 Å². The molecule has 0 aromatic rings. The highest BCUT2D eigenvalue weighted by Gasteiger charge is 2.41. The molecule has 2 amide bonds.